The Labute approximate surface area is 160 Å². The standard InChI is InChI=1S/C19H21NO4S2/c1-14-7-9-15(10-8-14)25-12-11-20-18(21)13-24-19(22)16-5-3-4-6-17(16)26(2)23/h3-10H,11-13H2,1-2H3,(H,20,21)/t26-/m0/s1. The monoisotopic (exact) mass is 391 g/mol. The number of nitrogens with one attached hydrogen (secondary N) is 1. The molecular formula is C19H21NO4S2. The largest absolute Gasteiger partial charge is 0.452 e. The van der Waals surface area contributed by atoms with Gasteiger partial charge in [-0.3, -0.25) is 9.00 Å². The average Bonchev–Trinajstić information content (AvgIpc) is 2.64. The first-order valence-electron chi connectivity index (χ1n) is 8.03. The van der Waals surface area contributed by atoms with E-state index in [9.17, 15) is 13.8 Å². The molecule has 0 fully saturated rings. The van der Waals surface area contributed by atoms with E-state index in [4.69, 9.17) is 4.74 Å². The van der Waals surface area contributed by atoms with Crippen LogP contribution in [0.1, 0.15) is 15.9 Å². The number of aryl methyl sites for hydroxylation is 1. The average molecular weight is 392 g/mol. The maximum atomic E-state index is 12.1. The highest BCUT2D eigenvalue weighted by Gasteiger charge is 2.15. The Morgan fingerprint density at radius 3 is 2.50 bits per heavy atom. The summed E-state index contributed by atoms with van der Waals surface area (Å²) in [6, 6.07) is 14.7. The molecule has 138 valence electrons. The lowest BCUT2D eigenvalue weighted by atomic mass is 10.2. The van der Waals surface area contributed by atoms with Gasteiger partial charge in [-0.15, -0.1) is 11.8 Å². The molecule has 0 spiro atoms. The molecule has 26 heavy (non-hydrogen) atoms. The van der Waals surface area contributed by atoms with Crippen LogP contribution in [0, 0.1) is 6.92 Å². The van der Waals surface area contributed by atoms with Crippen LogP contribution in [-0.2, 0) is 20.3 Å². The van der Waals surface area contributed by atoms with Gasteiger partial charge in [0.2, 0.25) is 0 Å². The maximum Gasteiger partial charge on any atom is 0.339 e. The van der Waals surface area contributed by atoms with E-state index in [0.29, 0.717) is 11.4 Å². The van der Waals surface area contributed by atoms with Crippen LogP contribution in [0.5, 0.6) is 0 Å². The van der Waals surface area contributed by atoms with E-state index in [1.807, 2.05) is 31.2 Å². The van der Waals surface area contributed by atoms with E-state index in [0.717, 1.165) is 10.6 Å². The minimum absolute atomic E-state index is 0.219. The number of hydrogen-bond acceptors (Lipinski definition) is 5. The number of benzene rings is 2. The van der Waals surface area contributed by atoms with Crippen molar-refractivity contribution in [2.45, 2.75) is 16.7 Å². The van der Waals surface area contributed by atoms with Gasteiger partial charge in [0.05, 0.1) is 21.3 Å². The van der Waals surface area contributed by atoms with Crippen molar-refractivity contribution in [2.24, 2.45) is 0 Å². The van der Waals surface area contributed by atoms with Crippen molar-refractivity contribution in [3.63, 3.8) is 0 Å². The Balaban J connectivity index is 1.72. The molecule has 2 rings (SSSR count). The first-order valence-corrected chi connectivity index (χ1v) is 10.6. The van der Waals surface area contributed by atoms with Crippen molar-refractivity contribution in [3.05, 3.63) is 59.7 Å². The quantitative estimate of drug-likeness (QED) is 0.426. The molecule has 0 bridgehead atoms. The zero-order valence-electron chi connectivity index (χ0n) is 14.7. The number of carbonyl (C=O) groups is 2. The van der Waals surface area contributed by atoms with E-state index >= 15 is 0 Å². The van der Waals surface area contributed by atoms with Gasteiger partial charge < -0.3 is 10.1 Å². The van der Waals surface area contributed by atoms with E-state index in [1.165, 1.54) is 17.9 Å². The Hall–Kier alpha value is -2.12. The first kappa shape index (κ1) is 20.2. The molecule has 0 saturated heterocycles. The van der Waals surface area contributed by atoms with Gasteiger partial charge in [-0.25, -0.2) is 4.79 Å². The van der Waals surface area contributed by atoms with Crippen molar-refractivity contribution in [1.29, 1.82) is 0 Å². The third-order valence-electron chi connectivity index (χ3n) is 3.46. The summed E-state index contributed by atoms with van der Waals surface area (Å²) >= 11 is 1.64. The van der Waals surface area contributed by atoms with Crippen LogP contribution in [0.3, 0.4) is 0 Å². The minimum Gasteiger partial charge on any atom is -0.452 e. The number of rotatable bonds is 8. The summed E-state index contributed by atoms with van der Waals surface area (Å²) in [5, 5.41) is 2.71. The van der Waals surface area contributed by atoms with Gasteiger partial charge in [0, 0.05) is 23.4 Å². The Morgan fingerprint density at radius 2 is 1.81 bits per heavy atom. The number of ether oxygens (including phenoxy) is 1. The summed E-state index contributed by atoms with van der Waals surface area (Å²) in [6.45, 7) is 2.15. The van der Waals surface area contributed by atoms with E-state index in [1.54, 1.807) is 30.0 Å². The van der Waals surface area contributed by atoms with E-state index in [2.05, 4.69) is 5.32 Å². The van der Waals surface area contributed by atoms with Crippen LogP contribution in [0.2, 0.25) is 0 Å². The summed E-state index contributed by atoms with van der Waals surface area (Å²) in [5.41, 5.74) is 1.43. The van der Waals surface area contributed by atoms with Gasteiger partial charge in [-0.1, -0.05) is 29.8 Å². The van der Waals surface area contributed by atoms with Gasteiger partial charge in [0.1, 0.15) is 0 Å². The predicted molar refractivity (Wildman–Crippen MR) is 104 cm³/mol. The van der Waals surface area contributed by atoms with Gasteiger partial charge >= 0.3 is 5.97 Å². The number of amides is 1. The third-order valence-corrected chi connectivity index (χ3v) is 5.45. The Kier molecular flexibility index (Phi) is 7.87. The second-order valence-corrected chi connectivity index (χ2v) is 8.05. The fraction of sp³-hybridized carbons (Fsp3) is 0.263. The number of carbonyl (C=O) groups excluding carboxylic acids is 2. The van der Waals surface area contributed by atoms with Crippen molar-refractivity contribution in [2.75, 3.05) is 25.2 Å². The topological polar surface area (TPSA) is 72.5 Å². The molecule has 1 N–H and O–H groups in total. The van der Waals surface area contributed by atoms with E-state index < -0.39 is 16.8 Å². The van der Waals surface area contributed by atoms with Crippen LogP contribution in [-0.4, -0.2) is 41.2 Å². The molecule has 0 aromatic heterocycles. The number of hydrogen-bond donors (Lipinski definition) is 1. The minimum atomic E-state index is -1.31. The van der Waals surface area contributed by atoms with E-state index in [-0.39, 0.29) is 18.1 Å². The predicted octanol–water partition coefficient (Wildman–Crippen LogP) is 2.80. The maximum absolute atomic E-state index is 12.1. The lowest BCUT2D eigenvalue weighted by Gasteiger charge is -2.08. The van der Waals surface area contributed by atoms with Crippen LogP contribution in [0.25, 0.3) is 0 Å². The molecule has 0 saturated carbocycles. The molecule has 2 aromatic carbocycles. The highest BCUT2D eigenvalue weighted by molar-refractivity contribution is 7.99. The molecule has 1 amide bonds. The van der Waals surface area contributed by atoms with Gasteiger partial charge in [-0.05, 0) is 31.2 Å². The van der Waals surface area contributed by atoms with Crippen molar-refractivity contribution in [3.8, 4) is 0 Å². The molecule has 7 heteroatoms. The molecule has 0 radical (unpaired) electrons. The third kappa shape index (κ3) is 6.31. The lowest BCUT2D eigenvalue weighted by Crippen LogP contribution is -2.30. The summed E-state index contributed by atoms with van der Waals surface area (Å²) in [6.07, 6.45) is 1.49. The van der Waals surface area contributed by atoms with Crippen LogP contribution in [0.15, 0.2) is 58.3 Å². The zero-order chi connectivity index (χ0) is 18.9. The molecule has 0 aliphatic rings. The van der Waals surface area contributed by atoms with Crippen molar-refractivity contribution in [1.82, 2.24) is 5.32 Å². The molecule has 0 heterocycles. The van der Waals surface area contributed by atoms with Gasteiger partial charge in [-0.2, -0.15) is 0 Å². The fourth-order valence-corrected chi connectivity index (χ4v) is 3.64. The number of esters is 1. The molecule has 0 aliphatic heterocycles. The Morgan fingerprint density at radius 1 is 1.12 bits per heavy atom. The summed E-state index contributed by atoms with van der Waals surface area (Å²) in [5.74, 6) is -0.293. The lowest BCUT2D eigenvalue weighted by molar-refractivity contribution is -0.124. The van der Waals surface area contributed by atoms with Gasteiger partial charge in [0.15, 0.2) is 6.61 Å². The smallest absolute Gasteiger partial charge is 0.339 e. The van der Waals surface area contributed by atoms with Gasteiger partial charge in [0.25, 0.3) is 5.91 Å². The summed E-state index contributed by atoms with van der Waals surface area (Å²) in [7, 11) is -1.31. The summed E-state index contributed by atoms with van der Waals surface area (Å²) < 4.78 is 16.7. The fourth-order valence-electron chi connectivity index (χ4n) is 2.14. The Bertz CT molecular complexity index is 790. The molecule has 5 nitrogen and oxygen atoms in total. The molecular weight excluding hydrogens is 370 g/mol. The zero-order valence-corrected chi connectivity index (χ0v) is 16.3. The van der Waals surface area contributed by atoms with Crippen molar-refractivity contribution < 1.29 is 18.5 Å². The number of thioether (sulfide) groups is 1. The van der Waals surface area contributed by atoms with Crippen LogP contribution in [0.4, 0.5) is 0 Å². The second-order valence-electron chi connectivity index (χ2n) is 5.54. The summed E-state index contributed by atoms with van der Waals surface area (Å²) in [4.78, 5) is 25.4. The normalized spacial score (nSPS) is 11.6. The SMILES string of the molecule is Cc1ccc(SCCNC(=O)COC(=O)c2ccccc2[S@](C)=O)cc1. The van der Waals surface area contributed by atoms with Crippen LogP contribution < -0.4 is 5.32 Å². The van der Waals surface area contributed by atoms with Crippen molar-refractivity contribution >= 4 is 34.4 Å². The molecule has 2 aromatic rings. The first-order chi connectivity index (χ1) is 12.5. The molecule has 0 aliphatic carbocycles. The second kappa shape index (κ2) is 10.1. The molecule has 0 unspecified atom stereocenters. The van der Waals surface area contributed by atoms with Crippen LogP contribution >= 0.6 is 11.8 Å². The highest BCUT2D eigenvalue weighted by atomic mass is 32.2. The molecule has 1 atom stereocenters. The highest BCUT2D eigenvalue weighted by Crippen LogP contribution is 2.17.